The molecule has 4 atom stereocenters. The van der Waals surface area contributed by atoms with Gasteiger partial charge in [0.15, 0.2) is 0 Å². The van der Waals surface area contributed by atoms with Crippen molar-refractivity contribution >= 4 is 23.6 Å². The third-order valence-electron chi connectivity index (χ3n) is 6.07. The van der Waals surface area contributed by atoms with Crippen LogP contribution in [0.25, 0.3) is 0 Å². The number of benzene rings is 1. The molecule has 188 valence electrons. The first-order valence-corrected chi connectivity index (χ1v) is 11.7. The van der Waals surface area contributed by atoms with E-state index in [-0.39, 0.29) is 29.9 Å². The summed E-state index contributed by atoms with van der Waals surface area (Å²) in [7, 11) is 0. The fourth-order valence-electron chi connectivity index (χ4n) is 4.08. The maximum atomic E-state index is 13.1. The molecule has 34 heavy (non-hydrogen) atoms. The van der Waals surface area contributed by atoms with Gasteiger partial charge in [-0.3, -0.25) is 19.2 Å². The first kappa shape index (κ1) is 27.1. The number of hydrogen-bond acceptors (Lipinski definition) is 6. The van der Waals surface area contributed by atoms with Crippen LogP contribution in [0.1, 0.15) is 46.1 Å². The first-order chi connectivity index (χ1) is 15.9. The van der Waals surface area contributed by atoms with E-state index in [0.717, 1.165) is 5.56 Å². The van der Waals surface area contributed by atoms with Gasteiger partial charge in [-0.05, 0) is 48.8 Å². The van der Waals surface area contributed by atoms with Gasteiger partial charge in [-0.2, -0.15) is 0 Å². The molecular formula is C24H37N5O5. The van der Waals surface area contributed by atoms with Crippen LogP contribution in [-0.4, -0.2) is 64.3 Å². The Balaban J connectivity index is 2.06. The Morgan fingerprint density at radius 3 is 2.15 bits per heavy atom. The smallest absolute Gasteiger partial charge is 0.243 e. The van der Waals surface area contributed by atoms with Gasteiger partial charge < -0.3 is 32.1 Å². The van der Waals surface area contributed by atoms with Crippen LogP contribution >= 0.6 is 0 Å². The van der Waals surface area contributed by atoms with Crippen molar-refractivity contribution in [2.75, 3.05) is 6.54 Å². The zero-order valence-electron chi connectivity index (χ0n) is 20.3. The van der Waals surface area contributed by atoms with Gasteiger partial charge in [-0.25, -0.2) is 0 Å². The molecule has 7 N–H and O–H groups in total. The number of phenolic OH excluding ortho intramolecular Hbond substituents is 1. The maximum absolute atomic E-state index is 13.1. The van der Waals surface area contributed by atoms with E-state index in [9.17, 15) is 24.3 Å². The highest BCUT2D eigenvalue weighted by molar-refractivity contribution is 5.95. The lowest BCUT2D eigenvalue weighted by Crippen LogP contribution is -2.59. The van der Waals surface area contributed by atoms with Crippen molar-refractivity contribution in [3.05, 3.63) is 29.8 Å². The Labute approximate surface area is 200 Å². The van der Waals surface area contributed by atoms with Crippen LogP contribution in [0.2, 0.25) is 0 Å². The molecule has 0 aromatic heterocycles. The van der Waals surface area contributed by atoms with E-state index >= 15 is 0 Å². The number of nitrogens with one attached hydrogen (secondary N) is 2. The summed E-state index contributed by atoms with van der Waals surface area (Å²) in [5.74, 6) is -2.26. The van der Waals surface area contributed by atoms with E-state index in [0.29, 0.717) is 19.4 Å². The van der Waals surface area contributed by atoms with Crippen LogP contribution in [-0.2, 0) is 25.6 Å². The molecule has 10 nitrogen and oxygen atoms in total. The standard InChI is InChI=1S/C24H37N5O5/c1-13(2)19(21(26)31)27-23(33)20(14(3)4)28-22(32)18-6-5-11-29(18)24(34)17(25)12-15-7-9-16(30)10-8-15/h7-10,13-14,17-20,30H,5-6,11-12,25H2,1-4H3,(H2,26,31)(H,27,33)(H,28,32)/t17-,18-,19-,20-/m0/s1. The molecule has 10 heteroatoms. The maximum Gasteiger partial charge on any atom is 0.243 e. The summed E-state index contributed by atoms with van der Waals surface area (Å²) >= 11 is 0. The van der Waals surface area contributed by atoms with Crippen molar-refractivity contribution < 1.29 is 24.3 Å². The van der Waals surface area contributed by atoms with Crippen LogP contribution in [0.3, 0.4) is 0 Å². The normalized spacial score (nSPS) is 18.4. The van der Waals surface area contributed by atoms with Gasteiger partial charge in [-0.15, -0.1) is 0 Å². The summed E-state index contributed by atoms with van der Waals surface area (Å²) < 4.78 is 0. The average Bonchev–Trinajstić information content (AvgIpc) is 3.25. The molecular weight excluding hydrogens is 438 g/mol. The third-order valence-corrected chi connectivity index (χ3v) is 6.07. The highest BCUT2D eigenvalue weighted by atomic mass is 16.3. The molecule has 0 bridgehead atoms. The summed E-state index contributed by atoms with van der Waals surface area (Å²) in [5.41, 5.74) is 12.3. The number of nitrogens with zero attached hydrogens (tertiary/aromatic N) is 1. The second-order valence-corrected chi connectivity index (χ2v) is 9.53. The van der Waals surface area contributed by atoms with Crippen LogP contribution < -0.4 is 22.1 Å². The molecule has 1 aromatic carbocycles. The monoisotopic (exact) mass is 475 g/mol. The molecule has 1 aliphatic rings. The molecule has 0 saturated carbocycles. The van der Waals surface area contributed by atoms with E-state index in [1.807, 2.05) is 0 Å². The highest BCUT2D eigenvalue weighted by Gasteiger charge is 2.38. The summed E-state index contributed by atoms with van der Waals surface area (Å²) in [6.45, 7) is 7.49. The Hall–Kier alpha value is -3.14. The fourth-order valence-corrected chi connectivity index (χ4v) is 4.08. The van der Waals surface area contributed by atoms with E-state index < -0.39 is 41.9 Å². The number of rotatable bonds is 10. The van der Waals surface area contributed by atoms with Crippen LogP contribution in [0.15, 0.2) is 24.3 Å². The predicted molar refractivity (Wildman–Crippen MR) is 127 cm³/mol. The minimum atomic E-state index is -0.892. The lowest BCUT2D eigenvalue weighted by atomic mass is 9.99. The third kappa shape index (κ3) is 6.93. The van der Waals surface area contributed by atoms with Crippen molar-refractivity contribution in [2.24, 2.45) is 23.3 Å². The highest BCUT2D eigenvalue weighted by Crippen LogP contribution is 2.20. The number of primary amides is 1. The number of hydrogen-bond donors (Lipinski definition) is 5. The van der Waals surface area contributed by atoms with Crippen molar-refractivity contribution in [2.45, 2.75) is 71.1 Å². The van der Waals surface area contributed by atoms with Crippen molar-refractivity contribution in [3.8, 4) is 5.75 Å². The van der Waals surface area contributed by atoms with Crippen molar-refractivity contribution in [1.82, 2.24) is 15.5 Å². The summed E-state index contributed by atoms with van der Waals surface area (Å²) in [6, 6.07) is 3.12. The lowest BCUT2D eigenvalue weighted by Gasteiger charge is -2.30. The molecule has 0 unspecified atom stereocenters. The van der Waals surface area contributed by atoms with Crippen molar-refractivity contribution in [3.63, 3.8) is 0 Å². The minimum Gasteiger partial charge on any atom is -0.508 e. The van der Waals surface area contributed by atoms with E-state index in [4.69, 9.17) is 11.5 Å². The average molecular weight is 476 g/mol. The van der Waals surface area contributed by atoms with Gasteiger partial charge in [0.05, 0.1) is 6.04 Å². The van der Waals surface area contributed by atoms with Gasteiger partial charge in [0.25, 0.3) is 0 Å². The van der Waals surface area contributed by atoms with Gasteiger partial charge in [0.2, 0.25) is 23.6 Å². The van der Waals surface area contributed by atoms with E-state index in [2.05, 4.69) is 10.6 Å². The number of likely N-dealkylation sites (tertiary alicyclic amines) is 1. The zero-order chi connectivity index (χ0) is 25.6. The number of carbonyl (C=O) groups excluding carboxylic acids is 4. The molecule has 0 spiro atoms. The Morgan fingerprint density at radius 2 is 1.62 bits per heavy atom. The van der Waals surface area contributed by atoms with Crippen LogP contribution in [0, 0.1) is 11.8 Å². The quantitative estimate of drug-likeness (QED) is 0.320. The molecule has 1 heterocycles. The predicted octanol–water partition coefficient (Wildman–Crippen LogP) is 0.0199. The molecule has 0 radical (unpaired) electrons. The first-order valence-electron chi connectivity index (χ1n) is 11.7. The summed E-state index contributed by atoms with van der Waals surface area (Å²) in [6.07, 6.45) is 1.38. The largest absolute Gasteiger partial charge is 0.508 e. The van der Waals surface area contributed by atoms with E-state index in [1.165, 1.54) is 17.0 Å². The Kier molecular flexibility index (Phi) is 9.43. The number of amides is 4. The number of aromatic hydroxyl groups is 1. The van der Waals surface area contributed by atoms with Gasteiger partial charge in [0, 0.05) is 6.54 Å². The number of nitrogens with two attached hydrogens (primary N) is 2. The second-order valence-electron chi connectivity index (χ2n) is 9.53. The molecule has 4 amide bonds. The van der Waals surface area contributed by atoms with Gasteiger partial charge >= 0.3 is 0 Å². The van der Waals surface area contributed by atoms with Gasteiger partial charge in [0.1, 0.15) is 23.9 Å². The SMILES string of the molecule is CC(C)[C@H](NC(=O)[C@@H](NC(=O)[C@@H]1CCCN1C(=O)[C@@H](N)Cc1ccc(O)cc1)C(C)C)C(N)=O. The molecule has 1 fully saturated rings. The van der Waals surface area contributed by atoms with E-state index in [1.54, 1.807) is 39.8 Å². The summed E-state index contributed by atoms with van der Waals surface area (Å²) in [5, 5.41) is 14.8. The Bertz CT molecular complexity index is 886. The summed E-state index contributed by atoms with van der Waals surface area (Å²) in [4.78, 5) is 52.1. The van der Waals surface area contributed by atoms with Gasteiger partial charge in [-0.1, -0.05) is 39.8 Å². The molecule has 1 aromatic rings. The molecule has 2 rings (SSSR count). The van der Waals surface area contributed by atoms with Crippen LogP contribution in [0.4, 0.5) is 0 Å². The molecule has 1 saturated heterocycles. The second kappa shape index (κ2) is 11.8. The fraction of sp³-hybridized carbons (Fsp3) is 0.583. The van der Waals surface area contributed by atoms with Crippen molar-refractivity contribution in [1.29, 1.82) is 0 Å². The number of carbonyl (C=O) groups is 4. The van der Waals surface area contributed by atoms with Crippen LogP contribution in [0.5, 0.6) is 5.75 Å². The zero-order valence-corrected chi connectivity index (χ0v) is 20.3. The Morgan fingerprint density at radius 1 is 1.03 bits per heavy atom. The number of phenols is 1. The minimum absolute atomic E-state index is 0.124. The molecule has 0 aliphatic carbocycles. The lowest BCUT2D eigenvalue weighted by molar-refractivity contribution is -0.140. The topological polar surface area (TPSA) is 168 Å². The molecule has 1 aliphatic heterocycles.